The highest BCUT2D eigenvalue weighted by molar-refractivity contribution is 8.00. The Labute approximate surface area is 236 Å². The van der Waals surface area contributed by atoms with Crippen LogP contribution in [0.25, 0.3) is 16.9 Å². The van der Waals surface area contributed by atoms with E-state index in [1.165, 1.54) is 11.8 Å². The largest absolute Gasteiger partial charge is 0.454 e. The number of fused-ring (bicyclic) bond motifs is 2. The molecule has 40 heavy (non-hydrogen) atoms. The molecule has 1 aliphatic carbocycles. The van der Waals surface area contributed by atoms with Crippen LogP contribution in [-0.4, -0.2) is 46.7 Å². The maximum Gasteiger partial charge on any atom is 0.240 e. The molecule has 2 aliphatic heterocycles. The second-order valence-electron chi connectivity index (χ2n) is 10.3. The minimum absolute atomic E-state index is 0.0669. The Hall–Kier alpha value is -4.24. The molecule has 0 spiro atoms. The summed E-state index contributed by atoms with van der Waals surface area (Å²) in [6.45, 7) is 2.15. The quantitative estimate of drug-likeness (QED) is 0.361. The lowest BCUT2D eigenvalue weighted by Crippen LogP contribution is -2.43. The van der Waals surface area contributed by atoms with Crippen molar-refractivity contribution < 1.29 is 19.1 Å². The van der Waals surface area contributed by atoms with Crippen LogP contribution in [0.5, 0.6) is 11.5 Å². The number of amides is 2. The second-order valence-corrected chi connectivity index (χ2v) is 11.4. The van der Waals surface area contributed by atoms with Gasteiger partial charge in [0.25, 0.3) is 0 Å². The Kier molecular flexibility index (Phi) is 6.23. The number of nitrogens with zero attached hydrogens (tertiary/aromatic N) is 3. The maximum absolute atomic E-state index is 13.8. The van der Waals surface area contributed by atoms with E-state index < -0.39 is 0 Å². The van der Waals surface area contributed by atoms with Gasteiger partial charge in [0.15, 0.2) is 11.5 Å². The monoisotopic (exact) mass is 552 g/mol. The Balaban J connectivity index is 1.45. The molecule has 0 saturated heterocycles. The summed E-state index contributed by atoms with van der Waals surface area (Å²) >= 11 is 1.54. The summed E-state index contributed by atoms with van der Waals surface area (Å²) in [6.07, 6.45) is 1.96. The van der Waals surface area contributed by atoms with Crippen LogP contribution < -0.4 is 19.7 Å². The number of ether oxygens (including phenoxy) is 2. The van der Waals surface area contributed by atoms with Crippen molar-refractivity contribution in [3.8, 4) is 28.4 Å². The lowest BCUT2D eigenvalue weighted by Gasteiger charge is -2.23. The number of hydrogen-bond donors (Lipinski definition) is 1. The smallest absolute Gasteiger partial charge is 0.240 e. The van der Waals surface area contributed by atoms with Gasteiger partial charge >= 0.3 is 0 Å². The number of rotatable bonds is 6. The molecule has 1 N–H and O–H groups in total. The van der Waals surface area contributed by atoms with Gasteiger partial charge in [0.2, 0.25) is 18.6 Å². The predicted molar refractivity (Wildman–Crippen MR) is 154 cm³/mol. The summed E-state index contributed by atoms with van der Waals surface area (Å²) in [5, 5.41) is 7.95. The number of carbonyl (C=O) groups is 2. The lowest BCUT2D eigenvalue weighted by molar-refractivity contribution is -0.123. The summed E-state index contributed by atoms with van der Waals surface area (Å²) < 4.78 is 13.1. The van der Waals surface area contributed by atoms with Crippen LogP contribution in [-0.2, 0) is 9.59 Å². The normalized spacial score (nSPS) is 17.9. The highest BCUT2D eigenvalue weighted by Crippen LogP contribution is 2.50. The van der Waals surface area contributed by atoms with Crippen LogP contribution in [0.1, 0.15) is 34.8 Å². The van der Waals surface area contributed by atoms with Crippen LogP contribution in [0.15, 0.2) is 72.8 Å². The zero-order valence-electron chi connectivity index (χ0n) is 22.0. The van der Waals surface area contributed by atoms with E-state index >= 15 is 0 Å². The van der Waals surface area contributed by atoms with E-state index in [1.807, 2.05) is 84.4 Å². The predicted octanol–water partition coefficient (Wildman–Crippen LogP) is 5.02. The van der Waals surface area contributed by atoms with Crippen molar-refractivity contribution in [3.05, 3.63) is 89.5 Å². The van der Waals surface area contributed by atoms with Crippen LogP contribution in [0.2, 0.25) is 0 Å². The van der Waals surface area contributed by atoms with Crippen LogP contribution in [0.4, 0.5) is 5.82 Å². The topological polar surface area (TPSA) is 85.7 Å². The average Bonchev–Trinajstić information content (AvgIpc) is 3.54. The first-order valence-electron chi connectivity index (χ1n) is 13.4. The van der Waals surface area contributed by atoms with Crippen molar-refractivity contribution >= 4 is 29.4 Å². The van der Waals surface area contributed by atoms with E-state index in [1.54, 1.807) is 4.90 Å². The minimum Gasteiger partial charge on any atom is -0.454 e. The van der Waals surface area contributed by atoms with Crippen molar-refractivity contribution in [3.63, 3.8) is 0 Å². The van der Waals surface area contributed by atoms with E-state index in [0.717, 1.165) is 46.5 Å². The highest BCUT2D eigenvalue weighted by Gasteiger charge is 2.38. The molecule has 1 atom stereocenters. The third kappa shape index (κ3) is 4.60. The summed E-state index contributed by atoms with van der Waals surface area (Å²) in [5.41, 5.74) is 5.52. The second kappa shape index (κ2) is 10.1. The number of nitrogens with one attached hydrogen (secondary N) is 1. The summed E-state index contributed by atoms with van der Waals surface area (Å²) in [7, 11) is 0. The Bertz CT molecular complexity index is 1600. The number of aromatic nitrogens is 2. The van der Waals surface area contributed by atoms with Gasteiger partial charge in [0.1, 0.15) is 12.4 Å². The molecule has 1 aromatic heterocycles. The summed E-state index contributed by atoms with van der Waals surface area (Å²) in [4.78, 5) is 28.5. The highest BCUT2D eigenvalue weighted by atomic mass is 32.2. The van der Waals surface area contributed by atoms with Crippen molar-refractivity contribution in [1.29, 1.82) is 0 Å². The third-order valence-electron chi connectivity index (χ3n) is 7.36. The van der Waals surface area contributed by atoms with E-state index in [0.29, 0.717) is 17.3 Å². The van der Waals surface area contributed by atoms with Gasteiger partial charge in [0.05, 0.1) is 22.4 Å². The number of anilines is 1. The van der Waals surface area contributed by atoms with E-state index in [4.69, 9.17) is 14.6 Å². The minimum atomic E-state index is -0.237. The molecule has 2 amide bonds. The molecule has 1 unspecified atom stereocenters. The first-order valence-corrected chi connectivity index (χ1v) is 14.5. The van der Waals surface area contributed by atoms with E-state index in [2.05, 4.69) is 5.32 Å². The van der Waals surface area contributed by atoms with Gasteiger partial charge in [-0.1, -0.05) is 54.1 Å². The first-order chi connectivity index (χ1) is 19.5. The Morgan fingerprint density at radius 2 is 1.80 bits per heavy atom. The fourth-order valence-corrected chi connectivity index (χ4v) is 6.37. The van der Waals surface area contributed by atoms with Crippen LogP contribution in [0.3, 0.4) is 0 Å². The molecule has 1 saturated carbocycles. The van der Waals surface area contributed by atoms with E-state index in [-0.39, 0.29) is 42.2 Å². The average molecular weight is 553 g/mol. The molecule has 3 aliphatic rings. The molecule has 9 heteroatoms. The van der Waals surface area contributed by atoms with Gasteiger partial charge in [0, 0.05) is 17.2 Å². The molecular weight excluding hydrogens is 524 g/mol. The van der Waals surface area contributed by atoms with Crippen LogP contribution >= 0.6 is 11.8 Å². The molecule has 3 aromatic carbocycles. The number of thioether (sulfide) groups is 1. The summed E-state index contributed by atoms with van der Waals surface area (Å²) in [5.74, 6) is 1.93. The van der Waals surface area contributed by atoms with E-state index in [9.17, 15) is 9.59 Å². The SMILES string of the molecule is Cc1ccc(-n2nc(-c3ccccc3)c3c2N(CC(=O)NC2CC2)C(=O)CSC3c2ccc3c(c2)OCO3)cc1. The number of benzene rings is 3. The fourth-order valence-electron chi connectivity index (χ4n) is 5.18. The summed E-state index contributed by atoms with van der Waals surface area (Å²) in [6, 6.07) is 24.2. The van der Waals surface area contributed by atoms with Gasteiger partial charge in [-0.05, 0) is 49.6 Å². The van der Waals surface area contributed by atoms with Crippen molar-refractivity contribution in [2.45, 2.75) is 31.1 Å². The lowest BCUT2D eigenvalue weighted by atomic mass is 9.99. The number of hydrogen-bond acceptors (Lipinski definition) is 6. The van der Waals surface area contributed by atoms with Crippen LogP contribution in [0, 0.1) is 6.92 Å². The Morgan fingerprint density at radius 1 is 1.02 bits per heavy atom. The molecule has 202 valence electrons. The number of aryl methyl sites for hydroxylation is 1. The molecule has 7 rings (SSSR count). The van der Waals surface area contributed by atoms with Gasteiger partial charge in [-0.15, -0.1) is 11.8 Å². The fraction of sp³-hybridized carbons (Fsp3) is 0.258. The Morgan fingerprint density at radius 3 is 2.58 bits per heavy atom. The molecule has 8 nitrogen and oxygen atoms in total. The number of carbonyl (C=O) groups excluding carboxylic acids is 2. The molecule has 4 aromatic rings. The third-order valence-corrected chi connectivity index (χ3v) is 8.61. The molecule has 0 radical (unpaired) electrons. The first kappa shape index (κ1) is 24.8. The molecule has 3 heterocycles. The van der Waals surface area contributed by atoms with Crippen molar-refractivity contribution in [1.82, 2.24) is 15.1 Å². The zero-order chi connectivity index (χ0) is 27.2. The maximum atomic E-state index is 13.8. The van der Waals surface area contributed by atoms with Gasteiger partial charge in [-0.2, -0.15) is 5.10 Å². The zero-order valence-corrected chi connectivity index (χ0v) is 22.8. The standard InChI is InChI=1S/C31H28N4O4S/c1-19-7-12-23(13-8-19)35-31-28(29(33-35)20-5-3-2-4-6-20)30(21-9-14-24-25(15-21)39-18-38-24)40-17-27(37)34(31)16-26(36)32-22-10-11-22/h2-9,12-15,22,30H,10-11,16-18H2,1H3,(H,32,36). The van der Waals surface area contributed by atoms with Gasteiger partial charge < -0.3 is 14.8 Å². The van der Waals surface area contributed by atoms with Gasteiger partial charge in [-0.25, -0.2) is 4.68 Å². The molecule has 1 fully saturated rings. The molecule has 0 bridgehead atoms. The molecular formula is C31H28N4O4S. The van der Waals surface area contributed by atoms with Crippen molar-refractivity contribution in [2.24, 2.45) is 0 Å². The van der Waals surface area contributed by atoms with Gasteiger partial charge in [-0.3, -0.25) is 14.5 Å². The van der Waals surface area contributed by atoms with Crippen molar-refractivity contribution in [2.75, 3.05) is 24.0 Å².